The molecule has 5 nitrogen and oxygen atoms in total. The van der Waals surface area contributed by atoms with Gasteiger partial charge in [0.05, 0.1) is 12.0 Å². The van der Waals surface area contributed by atoms with Crippen LogP contribution in [0.5, 0.6) is 5.75 Å². The third kappa shape index (κ3) is 2.35. The van der Waals surface area contributed by atoms with Crippen LogP contribution in [0, 0.1) is 11.8 Å². The summed E-state index contributed by atoms with van der Waals surface area (Å²) in [6.07, 6.45) is 1.68. The zero-order valence-corrected chi connectivity index (χ0v) is 11.0. The Balaban J connectivity index is 1.62. The zero-order chi connectivity index (χ0) is 14.1. The molecule has 1 aliphatic heterocycles. The number of ether oxygens (including phenoxy) is 1. The number of carboxylic acids is 1. The first-order valence-electron chi connectivity index (χ1n) is 6.90. The van der Waals surface area contributed by atoms with Gasteiger partial charge in [-0.1, -0.05) is 18.2 Å². The van der Waals surface area contributed by atoms with E-state index in [4.69, 9.17) is 9.84 Å². The molecule has 1 saturated carbocycles. The second-order valence-corrected chi connectivity index (χ2v) is 5.46. The van der Waals surface area contributed by atoms with Crippen molar-refractivity contribution in [3.8, 4) is 5.75 Å². The number of aliphatic carboxylic acids is 1. The van der Waals surface area contributed by atoms with E-state index < -0.39 is 5.97 Å². The minimum Gasteiger partial charge on any atom is -0.491 e. The Hall–Kier alpha value is -2.04. The Labute approximate surface area is 116 Å². The van der Waals surface area contributed by atoms with Crippen molar-refractivity contribution >= 4 is 11.9 Å². The molecule has 1 unspecified atom stereocenters. The first kappa shape index (κ1) is 13.0. The normalized spacial score (nSPS) is 27.7. The van der Waals surface area contributed by atoms with Gasteiger partial charge < -0.3 is 15.2 Å². The van der Waals surface area contributed by atoms with E-state index in [2.05, 4.69) is 5.32 Å². The number of para-hydroxylation sites is 1. The second-order valence-electron chi connectivity index (χ2n) is 5.46. The molecule has 106 valence electrons. The van der Waals surface area contributed by atoms with Gasteiger partial charge in [-0.2, -0.15) is 0 Å². The van der Waals surface area contributed by atoms with Crippen LogP contribution >= 0.6 is 0 Å². The average molecular weight is 275 g/mol. The number of benzene rings is 1. The van der Waals surface area contributed by atoms with Crippen molar-refractivity contribution in [2.24, 2.45) is 11.8 Å². The molecule has 1 aliphatic carbocycles. The van der Waals surface area contributed by atoms with Crippen molar-refractivity contribution in [3.63, 3.8) is 0 Å². The van der Waals surface area contributed by atoms with Gasteiger partial charge in [-0.05, 0) is 25.3 Å². The second kappa shape index (κ2) is 5.15. The van der Waals surface area contributed by atoms with E-state index in [1.54, 1.807) is 0 Å². The summed E-state index contributed by atoms with van der Waals surface area (Å²) in [6.45, 7) is 0.445. The van der Waals surface area contributed by atoms with Crippen molar-refractivity contribution in [2.75, 3.05) is 6.61 Å². The number of rotatable bonds is 3. The third-order valence-electron chi connectivity index (χ3n) is 4.17. The third-order valence-corrected chi connectivity index (χ3v) is 4.17. The Morgan fingerprint density at radius 1 is 1.20 bits per heavy atom. The molecule has 2 aliphatic rings. The molecule has 3 rings (SSSR count). The Kier molecular flexibility index (Phi) is 3.34. The molecule has 5 heteroatoms. The summed E-state index contributed by atoms with van der Waals surface area (Å²) in [5.74, 6) is -0.608. The molecule has 0 bridgehead atoms. The fourth-order valence-corrected chi connectivity index (χ4v) is 3.02. The molecule has 1 fully saturated rings. The molecule has 1 heterocycles. The molecule has 0 spiro atoms. The molecule has 20 heavy (non-hydrogen) atoms. The fourth-order valence-electron chi connectivity index (χ4n) is 3.02. The molecular weight excluding hydrogens is 258 g/mol. The first-order valence-corrected chi connectivity index (χ1v) is 6.90. The van der Waals surface area contributed by atoms with Crippen molar-refractivity contribution in [1.82, 2.24) is 5.32 Å². The van der Waals surface area contributed by atoms with Gasteiger partial charge in [0.1, 0.15) is 12.4 Å². The van der Waals surface area contributed by atoms with E-state index in [0.29, 0.717) is 25.9 Å². The summed E-state index contributed by atoms with van der Waals surface area (Å²) in [7, 11) is 0. The van der Waals surface area contributed by atoms with Crippen LogP contribution < -0.4 is 10.1 Å². The highest BCUT2D eigenvalue weighted by Gasteiger charge is 2.35. The standard InChI is InChI=1S/C15H17NO4/c17-14(9-5-6-10(7-9)15(18)19)16-12-8-20-13-4-2-1-3-11(12)13/h1-4,9-10,12H,5-8H2,(H,16,17)(H,18,19)/t9-,10+,12?/m1/s1. The van der Waals surface area contributed by atoms with Crippen LogP contribution in [0.25, 0.3) is 0 Å². The summed E-state index contributed by atoms with van der Waals surface area (Å²) in [5, 5.41) is 12.0. The van der Waals surface area contributed by atoms with Crippen LogP contribution in [-0.4, -0.2) is 23.6 Å². The van der Waals surface area contributed by atoms with Crippen molar-refractivity contribution < 1.29 is 19.4 Å². The maximum atomic E-state index is 12.2. The molecule has 1 aromatic carbocycles. The highest BCUT2D eigenvalue weighted by molar-refractivity contribution is 5.81. The minimum absolute atomic E-state index is 0.0564. The maximum Gasteiger partial charge on any atom is 0.306 e. The Bertz CT molecular complexity index is 542. The van der Waals surface area contributed by atoms with Gasteiger partial charge in [-0.25, -0.2) is 0 Å². The lowest BCUT2D eigenvalue weighted by atomic mass is 10.0. The summed E-state index contributed by atoms with van der Waals surface area (Å²) in [5.41, 5.74) is 0.994. The lowest BCUT2D eigenvalue weighted by Gasteiger charge is -2.15. The summed E-state index contributed by atoms with van der Waals surface area (Å²) in [6, 6.07) is 7.53. The van der Waals surface area contributed by atoms with Crippen LogP contribution in [0.15, 0.2) is 24.3 Å². The minimum atomic E-state index is -0.796. The number of hydrogen-bond donors (Lipinski definition) is 2. The number of nitrogens with one attached hydrogen (secondary N) is 1. The summed E-state index contributed by atoms with van der Waals surface area (Å²) >= 11 is 0. The van der Waals surface area contributed by atoms with E-state index in [-0.39, 0.29) is 23.8 Å². The fraction of sp³-hybridized carbons (Fsp3) is 0.467. The predicted octanol–water partition coefficient (Wildman–Crippen LogP) is 1.74. The molecule has 0 aromatic heterocycles. The highest BCUT2D eigenvalue weighted by atomic mass is 16.5. The van der Waals surface area contributed by atoms with Crippen molar-refractivity contribution in [1.29, 1.82) is 0 Å². The number of carboxylic acid groups (broad SMARTS) is 1. The largest absolute Gasteiger partial charge is 0.491 e. The van der Waals surface area contributed by atoms with E-state index in [1.807, 2.05) is 24.3 Å². The monoisotopic (exact) mass is 275 g/mol. The van der Waals surface area contributed by atoms with E-state index in [9.17, 15) is 9.59 Å². The van der Waals surface area contributed by atoms with Gasteiger partial charge >= 0.3 is 5.97 Å². The van der Waals surface area contributed by atoms with Gasteiger partial charge in [0.15, 0.2) is 0 Å². The molecule has 2 N–H and O–H groups in total. The Morgan fingerprint density at radius 2 is 1.95 bits per heavy atom. The Morgan fingerprint density at radius 3 is 2.70 bits per heavy atom. The predicted molar refractivity (Wildman–Crippen MR) is 71.3 cm³/mol. The first-order chi connectivity index (χ1) is 9.65. The van der Waals surface area contributed by atoms with Crippen molar-refractivity contribution in [2.45, 2.75) is 25.3 Å². The average Bonchev–Trinajstić information content (AvgIpc) is 3.06. The molecule has 1 aromatic rings. The van der Waals surface area contributed by atoms with Crippen molar-refractivity contribution in [3.05, 3.63) is 29.8 Å². The molecule has 0 saturated heterocycles. The lowest BCUT2D eigenvalue weighted by molar-refractivity contribution is -0.141. The van der Waals surface area contributed by atoms with Crippen LogP contribution in [0.4, 0.5) is 0 Å². The van der Waals surface area contributed by atoms with Gasteiger partial charge in [-0.3, -0.25) is 9.59 Å². The lowest BCUT2D eigenvalue weighted by Crippen LogP contribution is -2.34. The van der Waals surface area contributed by atoms with Crippen LogP contribution in [0.1, 0.15) is 30.9 Å². The quantitative estimate of drug-likeness (QED) is 0.881. The SMILES string of the molecule is O=C(O)[C@H]1CC[C@@H](C(=O)NC2COc3ccccc32)C1. The van der Waals surface area contributed by atoms with Crippen LogP contribution in [-0.2, 0) is 9.59 Å². The smallest absolute Gasteiger partial charge is 0.306 e. The van der Waals surface area contributed by atoms with Crippen LogP contribution in [0.2, 0.25) is 0 Å². The number of fused-ring (bicyclic) bond motifs is 1. The molecule has 0 radical (unpaired) electrons. The van der Waals surface area contributed by atoms with Gasteiger partial charge in [0.2, 0.25) is 5.91 Å². The maximum absolute atomic E-state index is 12.2. The number of amides is 1. The number of carbonyl (C=O) groups is 2. The summed E-state index contributed by atoms with van der Waals surface area (Å²) in [4.78, 5) is 23.1. The number of hydrogen-bond acceptors (Lipinski definition) is 3. The van der Waals surface area contributed by atoms with E-state index >= 15 is 0 Å². The van der Waals surface area contributed by atoms with Crippen LogP contribution in [0.3, 0.4) is 0 Å². The van der Waals surface area contributed by atoms with Gasteiger partial charge in [0.25, 0.3) is 0 Å². The topological polar surface area (TPSA) is 75.6 Å². The molecule has 3 atom stereocenters. The zero-order valence-electron chi connectivity index (χ0n) is 11.0. The van der Waals surface area contributed by atoms with E-state index in [1.165, 1.54) is 0 Å². The van der Waals surface area contributed by atoms with E-state index in [0.717, 1.165) is 11.3 Å². The van der Waals surface area contributed by atoms with Gasteiger partial charge in [0, 0.05) is 11.5 Å². The molecule has 1 amide bonds. The summed E-state index contributed by atoms with van der Waals surface area (Å²) < 4.78 is 5.53. The highest BCUT2D eigenvalue weighted by Crippen LogP contribution is 2.34. The number of carbonyl (C=O) groups excluding carboxylic acids is 1. The van der Waals surface area contributed by atoms with Gasteiger partial charge in [-0.15, -0.1) is 0 Å². The molecular formula is C15H17NO4.